The maximum absolute atomic E-state index is 8.83. The minimum Gasteiger partial charge on any atom is -0.395 e. The Bertz CT molecular complexity index is 108. The average Bonchev–Trinajstić information content (AvgIpc) is 2.05. The molecule has 0 aromatic carbocycles. The first-order valence-corrected chi connectivity index (χ1v) is 4.60. The highest BCUT2D eigenvalue weighted by molar-refractivity contribution is 4.77. The number of aliphatic hydroxyl groups excluding tert-OH is 1. The van der Waals surface area contributed by atoms with Gasteiger partial charge in [0.05, 0.1) is 6.61 Å². The molecule has 2 heteroatoms. The molecule has 66 valence electrons. The summed E-state index contributed by atoms with van der Waals surface area (Å²) in [6.45, 7) is 2.44. The third-order valence-corrected chi connectivity index (χ3v) is 2.88. The molecule has 1 atom stereocenters. The third kappa shape index (κ3) is 2.46. The van der Waals surface area contributed by atoms with Crippen LogP contribution >= 0.6 is 0 Å². The molecule has 2 nitrogen and oxygen atoms in total. The van der Waals surface area contributed by atoms with Crippen molar-refractivity contribution in [2.75, 3.05) is 6.61 Å². The van der Waals surface area contributed by atoms with E-state index in [1.165, 1.54) is 25.7 Å². The zero-order valence-electron chi connectivity index (χ0n) is 7.29. The van der Waals surface area contributed by atoms with Crippen molar-refractivity contribution < 1.29 is 5.11 Å². The molecule has 0 aromatic heterocycles. The van der Waals surface area contributed by atoms with Crippen molar-refractivity contribution in [2.45, 2.75) is 38.6 Å². The van der Waals surface area contributed by atoms with Gasteiger partial charge in [0.25, 0.3) is 0 Å². The monoisotopic (exact) mass is 157 g/mol. The van der Waals surface area contributed by atoms with Gasteiger partial charge in [-0.25, -0.2) is 0 Å². The molecule has 1 saturated carbocycles. The maximum Gasteiger partial charge on any atom is 0.0585 e. The van der Waals surface area contributed by atoms with E-state index in [0.717, 1.165) is 5.92 Å². The smallest absolute Gasteiger partial charge is 0.0585 e. The van der Waals surface area contributed by atoms with Gasteiger partial charge in [-0.1, -0.05) is 19.8 Å². The van der Waals surface area contributed by atoms with E-state index >= 15 is 0 Å². The van der Waals surface area contributed by atoms with E-state index in [1.807, 2.05) is 0 Å². The van der Waals surface area contributed by atoms with E-state index in [4.69, 9.17) is 10.8 Å². The van der Waals surface area contributed by atoms with Gasteiger partial charge < -0.3 is 10.8 Å². The van der Waals surface area contributed by atoms with Gasteiger partial charge in [-0.05, 0) is 24.7 Å². The molecule has 0 heterocycles. The van der Waals surface area contributed by atoms with Crippen LogP contribution in [-0.4, -0.2) is 17.8 Å². The molecular formula is C9H19NO. The zero-order chi connectivity index (χ0) is 8.27. The molecule has 3 N–H and O–H groups in total. The van der Waals surface area contributed by atoms with Crippen LogP contribution < -0.4 is 5.73 Å². The lowest BCUT2D eigenvalue weighted by Gasteiger charge is -2.29. The summed E-state index contributed by atoms with van der Waals surface area (Å²) < 4.78 is 0. The van der Waals surface area contributed by atoms with Gasteiger partial charge in [0.1, 0.15) is 0 Å². The second-order valence-electron chi connectivity index (χ2n) is 3.87. The van der Waals surface area contributed by atoms with Crippen LogP contribution in [0.1, 0.15) is 32.6 Å². The van der Waals surface area contributed by atoms with E-state index in [2.05, 4.69) is 6.92 Å². The predicted molar refractivity (Wildman–Crippen MR) is 46.2 cm³/mol. The van der Waals surface area contributed by atoms with Gasteiger partial charge in [0.2, 0.25) is 0 Å². The van der Waals surface area contributed by atoms with E-state index in [1.54, 1.807) is 0 Å². The predicted octanol–water partition coefficient (Wildman–Crippen LogP) is 1.13. The summed E-state index contributed by atoms with van der Waals surface area (Å²) in [7, 11) is 0. The van der Waals surface area contributed by atoms with Gasteiger partial charge in [-0.2, -0.15) is 0 Å². The molecule has 0 spiro atoms. The summed E-state index contributed by atoms with van der Waals surface area (Å²) in [5.74, 6) is 1.45. The third-order valence-electron chi connectivity index (χ3n) is 2.88. The molecule has 1 aliphatic rings. The van der Waals surface area contributed by atoms with Crippen LogP contribution in [0.2, 0.25) is 0 Å². The van der Waals surface area contributed by atoms with E-state index in [9.17, 15) is 0 Å². The largest absolute Gasteiger partial charge is 0.395 e. The van der Waals surface area contributed by atoms with Gasteiger partial charge in [-0.3, -0.25) is 0 Å². The summed E-state index contributed by atoms with van der Waals surface area (Å²) in [6, 6.07) is 0.0301. The summed E-state index contributed by atoms with van der Waals surface area (Å²) in [5.41, 5.74) is 5.74. The molecule has 1 rings (SSSR count). The molecule has 0 bridgehead atoms. The molecular weight excluding hydrogens is 138 g/mol. The van der Waals surface area contributed by atoms with Crippen LogP contribution in [0.3, 0.4) is 0 Å². The molecule has 11 heavy (non-hydrogen) atoms. The van der Waals surface area contributed by atoms with Crippen molar-refractivity contribution in [2.24, 2.45) is 17.6 Å². The molecule has 0 aromatic rings. The Morgan fingerprint density at radius 3 is 2.36 bits per heavy atom. The molecule has 1 fully saturated rings. The number of rotatable bonds is 2. The Kier molecular flexibility index (Phi) is 3.34. The molecule has 0 saturated heterocycles. The normalized spacial score (nSPS) is 35.2. The van der Waals surface area contributed by atoms with Crippen LogP contribution in [-0.2, 0) is 0 Å². The Balaban J connectivity index is 2.27. The Morgan fingerprint density at radius 1 is 1.36 bits per heavy atom. The highest BCUT2D eigenvalue weighted by Gasteiger charge is 2.22. The fourth-order valence-electron chi connectivity index (χ4n) is 1.86. The second-order valence-corrected chi connectivity index (χ2v) is 3.87. The SMILES string of the molecule is CC1CCC([C@@H](N)CO)CC1. The van der Waals surface area contributed by atoms with Crippen molar-refractivity contribution in [3.63, 3.8) is 0 Å². The molecule has 0 unspecified atom stereocenters. The lowest BCUT2D eigenvalue weighted by molar-refractivity contribution is 0.182. The van der Waals surface area contributed by atoms with Crippen molar-refractivity contribution in [3.8, 4) is 0 Å². The summed E-state index contributed by atoms with van der Waals surface area (Å²) in [4.78, 5) is 0. The fraction of sp³-hybridized carbons (Fsp3) is 1.00. The van der Waals surface area contributed by atoms with E-state index < -0.39 is 0 Å². The minimum atomic E-state index is 0.0301. The number of hydrogen-bond acceptors (Lipinski definition) is 2. The van der Waals surface area contributed by atoms with Crippen LogP contribution in [0.25, 0.3) is 0 Å². The topological polar surface area (TPSA) is 46.2 Å². The molecule has 0 aliphatic heterocycles. The van der Waals surface area contributed by atoms with Crippen LogP contribution in [0.4, 0.5) is 0 Å². The van der Waals surface area contributed by atoms with Gasteiger partial charge in [0, 0.05) is 6.04 Å². The quantitative estimate of drug-likeness (QED) is 0.631. The van der Waals surface area contributed by atoms with E-state index in [-0.39, 0.29) is 12.6 Å². The highest BCUT2D eigenvalue weighted by Crippen LogP contribution is 2.29. The van der Waals surface area contributed by atoms with Crippen molar-refractivity contribution in [3.05, 3.63) is 0 Å². The lowest BCUT2D eigenvalue weighted by Crippen LogP contribution is -2.35. The molecule has 1 aliphatic carbocycles. The van der Waals surface area contributed by atoms with Gasteiger partial charge in [0.15, 0.2) is 0 Å². The maximum atomic E-state index is 8.83. The van der Waals surface area contributed by atoms with Crippen LogP contribution in [0.5, 0.6) is 0 Å². The standard InChI is InChI=1S/C9H19NO/c1-7-2-4-8(5-3-7)9(10)6-11/h7-9,11H,2-6,10H2,1H3/t7?,8?,9-/m0/s1. The Morgan fingerprint density at radius 2 is 1.91 bits per heavy atom. The second kappa shape index (κ2) is 4.07. The van der Waals surface area contributed by atoms with Crippen LogP contribution in [0.15, 0.2) is 0 Å². The average molecular weight is 157 g/mol. The Labute approximate surface area is 68.8 Å². The van der Waals surface area contributed by atoms with Gasteiger partial charge >= 0.3 is 0 Å². The summed E-state index contributed by atoms with van der Waals surface area (Å²) >= 11 is 0. The number of hydrogen-bond donors (Lipinski definition) is 2. The minimum absolute atomic E-state index is 0.0301. The Hall–Kier alpha value is -0.0800. The van der Waals surface area contributed by atoms with Gasteiger partial charge in [-0.15, -0.1) is 0 Å². The van der Waals surface area contributed by atoms with Crippen molar-refractivity contribution >= 4 is 0 Å². The highest BCUT2D eigenvalue weighted by atomic mass is 16.3. The van der Waals surface area contributed by atoms with Crippen LogP contribution in [0, 0.1) is 11.8 Å². The van der Waals surface area contributed by atoms with Crippen molar-refractivity contribution in [1.82, 2.24) is 0 Å². The van der Waals surface area contributed by atoms with E-state index in [0.29, 0.717) is 5.92 Å². The van der Waals surface area contributed by atoms with Crippen molar-refractivity contribution in [1.29, 1.82) is 0 Å². The zero-order valence-corrected chi connectivity index (χ0v) is 7.29. The number of nitrogens with two attached hydrogens (primary N) is 1. The molecule has 0 radical (unpaired) electrons. The first-order valence-electron chi connectivity index (χ1n) is 4.60. The fourth-order valence-corrected chi connectivity index (χ4v) is 1.86. The molecule has 0 amide bonds. The first-order chi connectivity index (χ1) is 5.24. The lowest BCUT2D eigenvalue weighted by atomic mass is 9.80. The first kappa shape index (κ1) is 9.01. The number of aliphatic hydroxyl groups is 1. The summed E-state index contributed by atoms with van der Waals surface area (Å²) in [5, 5.41) is 8.83. The summed E-state index contributed by atoms with van der Waals surface area (Å²) in [6.07, 6.45) is 5.00.